The van der Waals surface area contributed by atoms with Gasteiger partial charge < -0.3 is 19.8 Å². The molecule has 0 aromatic heterocycles. The van der Waals surface area contributed by atoms with Gasteiger partial charge in [-0.3, -0.25) is 0 Å². The van der Waals surface area contributed by atoms with Gasteiger partial charge in [-0.05, 0) is 11.0 Å². The Bertz CT molecular complexity index is 446. The largest absolute Gasteiger partial charge is 2.00 e. The zero-order valence-corrected chi connectivity index (χ0v) is 10.6. The van der Waals surface area contributed by atoms with Crippen molar-refractivity contribution < 1.29 is 36.9 Å². The third-order valence-electron chi connectivity index (χ3n) is 2.30. The van der Waals surface area contributed by atoms with E-state index in [2.05, 4.69) is 0 Å². The van der Waals surface area contributed by atoms with Crippen molar-refractivity contribution in [2.75, 3.05) is 0 Å². The Labute approximate surface area is 110 Å². The van der Waals surface area contributed by atoms with Crippen molar-refractivity contribution in [1.82, 2.24) is 0 Å². The number of carboxylic acid groups (broad SMARTS) is 2. The van der Waals surface area contributed by atoms with Crippen LogP contribution in [0.2, 0.25) is 0 Å². The smallest absolute Gasteiger partial charge is 0.545 e. The van der Waals surface area contributed by atoms with Gasteiger partial charge in [0.15, 0.2) is 0 Å². The van der Waals surface area contributed by atoms with Crippen molar-refractivity contribution in [3.8, 4) is 0 Å². The van der Waals surface area contributed by atoms with Gasteiger partial charge >= 0.3 is 17.1 Å². The van der Waals surface area contributed by atoms with E-state index in [0.29, 0.717) is 5.56 Å². The van der Waals surface area contributed by atoms with E-state index in [1.165, 1.54) is 12.1 Å². The molecule has 0 aliphatic carbocycles. The molecule has 0 N–H and O–H groups in total. The van der Waals surface area contributed by atoms with Crippen LogP contribution in [-0.2, 0) is 22.5 Å². The molecule has 0 atom stereocenters. The zero-order valence-electron chi connectivity index (χ0n) is 9.67. The van der Waals surface area contributed by atoms with Gasteiger partial charge in [-0.15, -0.1) is 0 Å². The van der Waals surface area contributed by atoms with Gasteiger partial charge in [0.25, 0.3) is 0 Å². The number of hydrogen-bond acceptors (Lipinski definition) is 4. The first-order valence-electron chi connectivity index (χ1n) is 4.81. The number of aromatic carboxylic acids is 2. The molecular formula is C12H12CuO4. The Balaban J connectivity index is 0.00000256. The molecule has 0 bridgehead atoms. The Morgan fingerprint density at radius 2 is 1.59 bits per heavy atom. The molecule has 0 amide bonds. The second-order valence-corrected chi connectivity index (χ2v) is 4.55. The molecule has 5 heteroatoms. The fraction of sp³-hybridized carbons (Fsp3) is 0.333. The molecule has 0 aliphatic rings. The molecule has 1 aromatic rings. The summed E-state index contributed by atoms with van der Waals surface area (Å²) in [4.78, 5) is 21.8. The van der Waals surface area contributed by atoms with Gasteiger partial charge in [0, 0.05) is 11.1 Å². The van der Waals surface area contributed by atoms with Crippen LogP contribution in [0.3, 0.4) is 0 Å². The van der Waals surface area contributed by atoms with Crippen LogP contribution in [0.25, 0.3) is 0 Å². The molecule has 95 valence electrons. The van der Waals surface area contributed by atoms with Crippen LogP contribution in [0, 0.1) is 0 Å². The van der Waals surface area contributed by atoms with Gasteiger partial charge in [-0.1, -0.05) is 39.0 Å². The maximum absolute atomic E-state index is 11.0. The van der Waals surface area contributed by atoms with Crippen molar-refractivity contribution >= 4 is 11.9 Å². The summed E-state index contributed by atoms with van der Waals surface area (Å²) in [6, 6.07) is 4.28. The summed E-state index contributed by atoms with van der Waals surface area (Å²) in [5, 5.41) is 21.8. The Hall–Kier alpha value is -1.32. The average molecular weight is 284 g/mol. The molecule has 17 heavy (non-hydrogen) atoms. The minimum Gasteiger partial charge on any atom is -0.545 e. The molecule has 0 aliphatic heterocycles. The first kappa shape index (κ1) is 15.7. The summed E-state index contributed by atoms with van der Waals surface area (Å²) < 4.78 is 0. The summed E-state index contributed by atoms with van der Waals surface area (Å²) in [5.74, 6) is -3.00. The van der Waals surface area contributed by atoms with Crippen molar-refractivity contribution in [3.05, 3.63) is 34.9 Å². The van der Waals surface area contributed by atoms with Crippen molar-refractivity contribution in [2.45, 2.75) is 26.2 Å². The molecule has 0 unspecified atom stereocenters. The second kappa shape index (κ2) is 5.34. The summed E-state index contributed by atoms with van der Waals surface area (Å²) >= 11 is 0. The minimum atomic E-state index is -1.51. The van der Waals surface area contributed by atoms with E-state index in [4.69, 9.17) is 0 Å². The van der Waals surface area contributed by atoms with E-state index >= 15 is 0 Å². The number of rotatable bonds is 2. The van der Waals surface area contributed by atoms with Crippen molar-refractivity contribution in [1.29, 1.82) is 0 Å². The minimum absolute atomic E-state index is 0. The van der Waals surface area contributed by atoms with Crippen LogP contribution in [0.15, 0.2) is 18.2 Å². The van der Waals surface area contributed by atoms with E-state index in [0.717, 1.165) is 0 Å². The standard InChI is InChI=1S/C12H14O4.Cu/c1-12(2,3)8-6-4-5-7(10(13)14)9(8)11(15)16;/h4-6H,1-3H3,(H,13,14)(H,15,16);/q;+2/p-2. The van der Waals surface area contributed by atoms with E-state index in [9.17, 15) is 19.8 Å². The maximum atomic E-state index is 11.0. The molecule has 1 radical (unpaired) electrons. The number of benzene rings is 1. The fourth-order valence-corrected chi connectivity index (χ4v) is 1.57. The number of hydrogen-bond donors (Lipinski definition) is 0. The fourth-order valence-electron chi connectivity index (χ4n) is 1.57. The second-order valence-electron chi connectivity index (χ2n) is 4.55. The average Bonchev–Trinajstić information content (AvgIpc) is 2.14. The number of carbonyl (C=O) groups is 2. The molecule has 1 rings (SSSR count). The Morgan fingerprint density at radius 1 is 1.06 bits per heavy atom. The Morgan fingerprint density at radius 3 is 1.94 bits per heavy atom. The summed E-state index contributed by atoms with van der Waals surface area (Å²) in [6.07, 6.45) is 0. The molecule has 0 saturated heterocycles. The summed E-state index contributed by atoms with van der Waals surface area (Å²) in [7, 11) is 0. The molecule has 0 saturated carbocycles. The van der Waals surface area contributed by atoms with E-state index in [1.807, 2.05) is 0 Å². The van der Waals surface area contributed by atoms with Gasteiger partial charge in [-0.25, -0.2) is 0 Å². The normalized spacial score (nSPS) is 10.5. The van der Waals surface area contributed by atoms with E-state index < -0.39 is 17.4 Å². The van der Waals surface area contributed by atoms with Crippen LogP contribution >= 0.6 is 0 Å². The van der Waals surface area contributed by atoms with Crippen LogP contribution in [-0.4, -0.2) is 11.9 Å². The number of carbonyl (C=O) groups excluding carboxylic acids is 2. The van der Waals surface area contributed by atoms with Crippen LogP contribution in [0.4, 0.5) is 0 Å². The molecular weight excluding hydrogens is 272 g/mol. The molecule has 1 aromatic carbocycles. The quantitative estimate of drug-likeness (QED) is 0.699. The Kier molecular flexibility index (Phi) is 4.93. The predicted octanol–water partition coefficient (Wildman–Crippen LogP) is -0.291. The number of carboxylic acids is 2. The topological polar surface area (TPSA) is 80.3 Å². The third-order valence-corrected chi connectivity index (χ3v) is 2.30. The van der Waals surface area contributed by atoms with Crippen LogP contribution in [0.1, 0.15) is 47.1 Å². The molecule has 0 heterocycles. The van der Waals surface area contributed by atoms with Crippen LogP contribution in [0.5, 0.6) is 0 Å². The van der Waals surface area contributed by atoms with Gasteiger partial charge in [-0.2, -0.15) is 0 Å². The molecule has 4 nitrogen and oxygen atoms in total. The van der Waals surface area contributed by atoms with Crippen molar-refractivity contribution in [2.24, 2.45) is 0 Å². The molecule has 0 spiro atoms. The van der Waals surface area contributed by atoms with Gasteiger partial charge in [0.05, 0.1) is 11.9 Å². The SMILES string of the molecule is CC(C)(C)c1cccc(C(=O)[O-])c1C(=O)[O-].[Cu+2]. The van der Waals surface area contributed by atoms with E-state index in [1.54, 1.807) is 26.8 Å². The summed E-state index contributed by atoms with van der Waals surface area (Å²) in [6.45, 7) is 5.40. The van der Waals surface area contributed by atoms with Gasteiger partial charge in [0.1, 0.15) is 0 Å². The maximum Gasteiger partial charge on any atom is 2.00 e. The van der Waals surface area contributed by atoms with Gasteiger partial charge in [0.2, 0.25) is 0 Å². The monoisotopic (exact) mass is 283 g/mol. The first-order valence-corrected chi connectivity index (χ1v) is 4.81. The predicted molar refractivity (Wildman–Crippen MR) is 53.8 cm³/mol. The third kappa shape index (κ3) is 3.32. The van der Waals surface area contributed by atoms with Crippen molar-refractivity contribution in [3.63, 3.8) is 0 Å². The van der Waals surface area contributed by atoms with Crippen LogP contribution < -0.4 is 10.2 Å². The zero-order chi connectivity index (χ0) is 12.5. The van der Waals surface area contributed by atoms with E-state index in [-0.39, 0.29) is 28.2 Å². The summed E-state index contributed by atoms with van der Waals surface area (Å²) in [5.41, 5.74) is -0.683. The molecule has 0 fully saturated rings. The first-order chi connectivity index (χ1) is 7.25.